The van der Waals surface area contributed by atoms with Crippen molar-refractivity contribution < 1.29 is 9.15 Å². The Labute approximate surface area is 78.1 Å². The Hall–Kier alpha value is -0.870. The molecule has 2 N–H and O–H groups in total. The van der Waals surface area contributed by atoms with E-state index in [2.05, 4.69) is 4.98 Å². The molecule has 4 heteroatoms. The van der Waals surface area contributed by atoms with Crippen molar-refractivity contribution in [1.29, 1.82) is 0 Å². The van der Waals surface area contributed by atoms with Gasteiger partial charge in [-0.05, 0) is 13.0 Å². The van der Waals surface area contributed by atoms with Gasteiger partial charge in [0.2, 0.25) is 0 Å². The van der Waals surface area contributed by atoms with Crippen molar-refractivity contribution in [2.75, 3.05) is 20.3 Å². The van der Waals surface area contributed by atoms with Crippen molar-refractivity contribution in [3.8, 4) is 0 Å². The third kappa shape index (κ3) is 3.57. The molecule has 1 rings (SSSR count). The summed E-state index contributed by atoms with van der Waals surface area (Å²) in [6.07, 6.45) is 4.31. The molecule has 0 aliphatic carbocycles. The average molecular weight is 184 g/mol. The number of ether oxygens (including phenoxy) is 1. The molecule has 0 spiro atoms. The van der Waals surface area contributed by atoms with Crippen LogP contribution in [-0.2, 0) is 17.6 Å². The van der Waals surface area contributed by atoms with Crippen molar-refractivity contribution in [3.63, 3.8) is 0 Å². The summed E-state index contributed by atoms with van der Waals surface area (Å²) < 4.78 is 10.4. The fourth-order valence-electron chi connectivity index (χ4n) is 1.04. The van der Waals surface area contributed by atoms with Crippen LogP contribution in [0.25, 0.3) is 0 Å². The minimum atomic E-state index is 0.650. The molecule has 0 atom stereocenters. The first-order chi connectivity index (χ1) is 6.36. The smallest absolute Gasteiger partial charge is 0.196 e. The predicted molar refractivity (Wildman–Crippen MR) is 49.5 cm³/mol. The van der Waals surface area contributed by atoms with Crippen LogP contribution in [-0.4, -0.2) is 25.2 Å². The molecule has 1 heterocycles. The van der Waals surface area contributed by atoms with Crippen LogP contribution in [0.15, 0.2) is 10.6 Å². The first-order valence-corrected chi connectivity index (χ1v) is 4.49. The summed E-state index contributed by atoms with van der Waals surface area (Å²) in [4.78, 5) is 4.12. The van der Waals surface area contributed by atoms with Crippen molar-refractivity contribution in [1.82, 2.24) is 4.98 Å². The van der Waals surface area contributed by atoms with Gasteiger partial charge in [-0.15, -0.1) is 0 Å². The summed E-state index contributed by atoms with van der Waals surface area (Å²) in [5.41, 5.74) is 5.38. The molecule has 0 unspecified atom stereocenters. The second-order valence-electron chi connectivity index (χ2n) is 2.86. The van der Waals surface area contributed by atoms with Gasteiger partial charge in [-0.2, -0.15) is 0 Å². The lowest BCUT2D eigenvalue weighted by atomic mass is 10.3. The molecule has 0 saturated heterocycles. The molecule has 0 saturated carbocycles. The molecule has 0 radical (unpaired) electrons. The highest BCUT2D eigenvalue weighted by molar-refractivity contribution is 4.94. The highest BCUT2D eigenvalue weighted by atomic mass is 16.5. The Balaban J connectivity index is 2.34. The number of nitrogens with zero attached hydrogens (tertiary/aromatic N) is 1. The number of aromatic nitrogens is 1. The van der Waals surface area contributed by atoms with Crippen LogP contribution in [0, 0.1) is 0 Å². The number of methoxy groups -OCH3 is 1. The first-order valence-electron chi connectivity index (χ1n) is 4.49. The third-order valence-electron chi connectivity index (χ3n) is 1.75. The van der Waals surface area contributed by atoms with E-state index >= 15 is 0 Å². The van der Waals surface area contributed by atoms with Gasteiger partial charge in [-0.25, -0.2) is 4.98 Å². The van der Waals surface area contributed by atoms with Crippen molar-refractivity contribution in [3.05, 3.63) is 17.8 Å². The molecule has 4 nitrogen and oxygen atoms in total. The van der Waals surface area contributed by atoms with E-state index in [9.17, 15) is 0 Å². The molecule has 0 amide bonds. The molecular formula is C9H16N2O2. The van der Waals surface area contributed by atoms with E-state index in [0.717, 1.165) is 30.9 Å². The lowest BCUT2D eigenvalue weighted by Crippen LogP contribution is -1.99. The van der Waals surface area contributed by atoms with E-state index in [-0.39, 0.29) is 0 Å². The predicted octanol–water partition coefficient (Wildman–Crippen LogP) is 0.755. The van der Waals surface area contributed by atoms with Crippen LogP contribution in [0.3, 0.4) is 0 Å². The van der Waals surface area contributed by atoms with Gasteiger partial charge in [-0.1, -0.05) is 0 Å². The lowest BCUT2D eigenvalue weighted by molar-refractivity contribution is 0.194. The molecule has 0 aliphatic heterocycles. The molecule has 0 bridgehead atoms. The molecule has 1 aromatic heterocycles. The minimum Gasteiger partial charge on any atom is -0.446 e. The maximum atomic E-state index is 5.44. The normalized spacial score (nSPS) is 10.6. The summed E-state index contributed by atoms with van der Waals surface area (Å²) in [7, 11) is 1.66. The second kappa shape index (κ2) is 5.72. The molecule has 1 aromatic rings. The second-order valence-corrected chi connectivity index (χ2v) is 2.86. The van der Waals surface area contributed by atoms with E-state index < -0.39 is 0 Å². The highest BCUT2D eigenvalue weighted by Gasteiger charge is 2.02. The number of hydrogen-bond donors (Lipinski definition) is 1. The zero-order chi connectivity index (χ0) is 9.52. The summed E-state index contributed by atoms with van der Waals surface area (Å²) in [6.45, 7) is 1.34. The third-order valence-corrected chi connectivity index (χ3v) is 1.75. The standard InChI is InChI=1S/C9H16N2O2/c1-12-6-4-9-11-7-8(13-9)3-2-5-10/h7H,2-6,10H2,1H3. The van der Waals surface area contributed by atoms with E-state index in [1.165, 1.54) is 0 Å². The van der Waals surface area contributed by atoms with Crippen LogP contribution in [0.2, 0.25) is 0 Å². The van der Waals surface area contributed by atoms with Gasteiger partial charge < -0.3 is 14.9 Å². The molecule has 13 heavy (non-hydrogen) atoms. The Morgan fingerprint density at radius 3 is 3.08 bits per heavy atom. The zero-order valence-corrected chi connectivity index (χ0v) is 7.95. The SMILES string of the molecule is COCCc1ncc(CCCN)o1. The number of rotatable bonds is 6. The van der Waals surface area contributed by atoms with Gasteiger partial charge in [0, 0.05) is 20.0 Å². The maximum Gasteiger partial charge on any atom is 0.196 e. The largest absolute Gasteiger partial charge is 0.446 e. The Morgan fingerprint density at radius 1 is 1.54 bits per heavy atom. The Morgan fingerprint density at radius 2 is 2.38 bits per heavy atom. The van der Waals surface area contributed by atoms with Crippen molar-refractivity contribution in [2.24, 2.45) is 5.73 Å². The van der Waals surface area contributed by atoms with Crippen molar-refractivity contribution >= 4 is 0 Å². The Kier molecular flexibility index (Phi) is 4.49. The van der Waals surface area contributed by atoms with Crippen LogP contribution in [0.4, 0.5) is 0 Å². The van der Waals surface area contributed by atoms with Crippen LogP contribution in [0.5, 0.6) is 0 Å². The summed E-state index contributed by atoms with van der Waals surface area (Å²) in [6, 6.07) is 0. The minimum absolute atomic E-state index is 0.650. The van der Waals surface area contributed by atoms with Crippen LogP contribution >= 0.6 is 0 Å². The van der Waals surface area contributed by atoms with Gasteiger partial charge in [-0.3, -0.25) is 0 Å². The Bertz CT molecular complexity index is 213. The summed E-state index contributed by atoms with van der Waals surface area (Å²) >= 11 is 0. The zero-order valence-electron chi connectivity index (χ0n) is 7.95. The molecule has 0 fully saturated rings. The number of nitrogens with two attached hydrogens (primary N) is 1. The van der Waals surface area contributed by atoms with Gasteiger partial charge >= 0.3 is 0 Å². The van der Waals surface area contributed by atoms with Crippen molar-refractivity contribution in [2.45, 2.75) is 19.3 Å². The molecule has 74 valence electrons. The molecule has 0 aliphatic rings. The van der Waals surface area contributed by atoms with E-state index in [1.54, 1.807) is 13.3 Å². The monoisotopic (exact) mass is 184 g/mol. The summed E-state index contributed by atoms with van der Waals surface area (Å²) in [5, 5.41) is 0. The van der Waals surface area contributed by atoms with Crippen LogP contribution in [0.1, 0.15) is 18.1 Å². The van der Waals surface area contributed by atoms with Gasteiger partial charge in [0.05, 0.1) is 12.8 Å². The first kappa shape index (κ1) is 10.2. The number of aryl methyl sites for hydroxylation is 1. The molecular weight excluding hydrogens is 168 g/mol. The average Bonchev–Trinajstić information content (AvgIpc) is 2.59. The quantitative estimate of drug-likeness (QED) is 0.708. The molecule has 0 aromatic carbocycles. The fraction of sp³-hybridized carbons (Fsp3) is 0.667. The van der Waals surface area contributed by atoms with E-state index in [1.807, 2.05) is 0 Å². The topological polar surface area (TPSA) is 61.3 Å². The van der Waals surface area contributed by atoms with Gasteiger partial charge in [0.15, 0.2) is 5.89 Å². The van der Waals surface area contributed by atoms with Gasteiger partial charge in [0.25, 0.3) is 0 Å². The lowest BCUT2D eigenvalue weighted by Gasteiger charge is -1.94. The maximum absolute atomic E-state index is 5.44. The van der Waals surface area contributed by atoms with Gasteiger partial charge in [0.1, 0.15) is 5.76 Å². The number of oxazole rings is 1. The van der Waals surface area contributed by atoms with E-state index in [0.29, 0.717) is 13.2 Å². The highest BCUT2D eigenvalue weighted by Crippen LogP contribution is 2.06. The van der Waals surface area contributed by atoms with E-state index in [4.69, 9.17) is 14.9 Å². The number of hydrogen-bond acceptors (Lipinski definition) is 4. The summed E-state index contributed by atoms with van der Waals surface area (Å²) in [5.74, 6) is 1.66. The van der Waals surface area contributed by atoms with Crippen LogP contribution < -0.4 is 5.73 Å². The fourth-order valence-corrected chi connectivity index (χ4v) is 1.04.